The number of unbranched alkanes of at least 4 members (excludes halogenated alkanes) is 43. The third-order valence-corrected chi connectivity index (χ3v) is 17.2. The van der Waals surface area contributed by atoms with Gasteiger partial charge in [0.1, 0.15) is 24.4 Å². The zero-order chi connectivity index (χ0) is 61.7. The number of hydrogen-bond donors (Lipinski definition) is 6. The van der Waals surface area contributed by atoms with Crippen LogP contribution in [0.4, 0.5) is 0 Å². The van der Waals surface area contributed by atoms with Crippen molar-refractivity contribution in [1.82, 2.24) is 5.32 Å². The highest BCUT2D eigenvalue weighted by Crippen LogP contribution is 2.26. The third-order valence-electron chi connectivity index (χ3n) is 17.2. The molecule has 0 aliphatic carbocycles. The maximum Gasteiger partial charge on any atom is 0.306 e. The number of aliphatic hydroxyl groups is 5. The fourth-order valence-electron chi connectivity index (χ4n) is 11.4. The van der Waals surface area contributed by atoms with Gasteiger partial charge in [-0.25, -0.2) is 0 Å². The van der Waals surface area contributed by atoms with Gasteiger partial charge in [-0.3, -0.25) is 9.59 Å². The monoisotopic (exact) mass is 1200 g/mol. The van der Waals surface area contributed by atoms with E-state index in [0.29, 0.717) is 19.3 Å². The molecule has 6 N–H and O–H groups in total. The molecule has 498 valence electrons. The van der Waals surface area contributed by atoms with Gasteiger partial charge in [0, 0.05) is 6.42 Å². The van der Waals surface area contributed by atoms with Crippen molar-refractivity contribution in [3.05, 3.63) is 48.6 Å². The summed E-state index contributed by atoms with van der Waals surface area (Å²) in [5, 5.41) is 57.2. The number of carbonyl (C=O) groups is 2. The minimum Gasteiger partial charge on any atom is -0.454 e. The standard InChI is InChI=1S/C74H137NO10/c1-4-7-10-13-16-19-22-24-26-28-30-32-34-36-38-40-42-44-47-50-53-56-59-62-69(79)85-72-71(81)70(80)68(63-76)84-74(72)83-64-65(66(77)60-57-54-51-48-45-21-18-15-12-9-6-3)75-73(82)67(78)61-58-55-52-49-46-43-41-39-37-35-33-31-29-27-25-23-20-17-14-11-8-5-2/h17,20,24-27,57,60,65-68,70-72,74,76-78,80-81H,4-16,18-19,21-23,28-56,58-59,61-64H2,1-3H3,(H,75,82)/b20-17-,26-24+,27-25-,60-57+. The molecule has 1 rings (SSSR count). The number of hydrogen-bond acceptors (Lipinski definition) is 10. The molecule has 0 aromatic carbocycles. The van der Waals surface area contributed by atoms with E-state index >= 15 is 0 Å². The molecule has 11 nitrogen and oxygen atoms in total. The Hall–Kier alpha value is -2.38. The van der Waals surface area contributed by atoms with Crippen LogP contribution in [0.15, 0.2) is 48.6 Å². The number of rotatable bonds is 63. The van der Waals surface area contributed by atoms with Crippen LogP contribution < -0.4 is 5.32 Å². The van der Waals surface area contributed by atoms with E-state index in [-0.39, 0.29) is 13.0 Å². The Morgan fingerprint density at radius 2 is 0.812 bits per heavy atom. The highest BCUT2D eigenvalue weighted by molar-refractivity contribution is 5.80. The van der Waals surface area contributed by atoms with Crippen LogP contribution in [0.2, 0.25) is 0 Å². The molecule has 8 atom stereocenters. The molecular weight excluding hydrogens is 1060 g/mol. The van der Waals surface area contributed by atoms with Crippen molar-refractivity contribution < 1.29 is 49.3 Å². The first-order valence-electron chi connectivity index (χ1n) is 36.4. The van der Waals surface area contributed by atoms with E-state index in [1.54, 1.807) is 6.08 Å². The molecule has 1 aliphatic rings. The molecular formula is C74H137NO10. The van der Waals surface area contributed by atoms with Crippen LogP contribution in [0.3, 0.4) is 0 Å². The Morgan fingerprint density at radius 1 is 0.459 bits per heavy atom. The minimum atomic E-state index is -1.61. The summed E-state index contributed by atoms with van der Waals surface area (Å²) < 4.78 is 17.7. The van der Waals surface area contributed by atoms with Crippen LogP contribution in [0, 0.1) is 0 Å². The molecule has 1 heterocycles. The van der Waals surface area contributed by atoms with Gasteiger partial charge in [0.15, 0.2) is 12.4 Å². The molecule has 0 spiro atoms. The molecule has 0 aromatic rings. The molecule has 11 heteroatoms. The van der Waals surface area contributed by atoms with Gasteiger partial charge in [-0.15, -0.1) is 0 Å². The second-order valence-electron chi connectivity index (χ2n) is 25.3. The highest BCUT2D eigenvalue weighted by atomic mass is 16.7. The van der Waals surface area contributed by atoms with Crippen molar-refractivity contribution >= 4 is 11.9 Å². The predicted molar refractivity (Wildman–Crippen MR) is 357 cm³/mol. The lowest BCUT2D eigenvalue weighted by Gasteiger charge is -2.41. The average Bonchev–Trinajstić information content (AvgIpc) is 3.63. The second kappa shape index (κ2) is 61.8. The van der Waals surface area contributed by atoms with Gasteiger partial charge in [-0.1, -0.05) is 307 Å². The SMILES string of the molecule is CCCCC/C=C\C/C=C\CCCCCCCCCCCCCCC(O)C(=O)NC(COC1OC(CO)C(O)C(O)C1OC(=O)CCCCCCCCCCCCCCC/C=C/CCCCCCCC)C(O)/C=C/CCCCCCCCCCC. The lowest BCUT2D eigenvalue weighted by molar-refractivity contribution is -0.305. The number of amides is 1. The first-order chi connectivity index (χ1) is 41.7. The number of allylic oxidation sites excluding steroid dienone is 7. The summed E-state index contributed by atoms with van der Waals surface area (Å²) in [5.41, 5.74) is 0. The minimum absolute atomic E-state index is 0.126. The van der Waals surface area contributed by atoms with Gasteiger partial charge in [0.25, 0.3) is 0 Å². The van der Waals surface area contributed by atoms with Crippen LogP contribution in [-0.2, 0) is 23.8 Å². The molecule has 85 heavy (non-hydrogen) atoms. The Morgan fingerprint density at radius 3 is 1.24 bits per heavy atom. The van der Waals surface area contributed by atoms with Crippen LogP contribution in [0.1, 0.15) is 348 Å². The molecule has 1 saturated heterocycles. The maximum absolute atomic E-state index is 13.5. The van der Waals surface area contributed by atoms with Crippen LogP contribution in [0.25, 0.3) is 0 Å². The van der Waals surface area contributed by atoms with Gasteiger partial charge in [0.2, 0.25) is 5.91 Å². The fraction of sp³-hybridized carbons (Fsp3) is 0.865. The van der Waals surface area contributed by atoms with Gasteiger partial charge in [-0.2, -0.15) is 0 Å². The second-order valence-corrected chi connectivity index (χ2v) is 25.3. The summed E-state index contributed by atoms with van der Waals surface area (Å²) in [6, 6.07) is -1.02. The highest BCUT2D eigenvalue weighted by Gasteiger charge is 2.47. The smallest absolute Gasteiger partial charge is 0.306 e. The lowest BCUT2D eigenvalue weighted by atomic mass is 9.99. The molecule has 8 unspecified atom stereocenters. The summed E-state index contributed by atoms with van der Waals surface area (Å²) in [4.78, 5) is 26.7. The molecule has 1 aliphatic heterocycles. The van der Waals surface area contributed by atoms with Crippen molar-refractivity contribution in [1.29, 1.82) is 0 Å². The Balaban J connectivity index is 2.53. The van der Waals surface area contributed by atoms with Crippen molar-refractivity contribution in [2.75, 3.05) is 13.2 Å². The lowest BCUT2D eigenvalue weighted by Crippen LogP contribution is -2.61. The van der Waals surface area contributed by atoms with E-state index < -0.39 is 67.4 Å². The van der Waals surface area contributed by atoms with Gasteiger partial charge >= 0.3 is 5.97 Å². The van der Waals surface area contributed by atoms with Crippen molar-refractivity contribution in [3.63, 3.8) is 0 Å². The van der Waals surface area contributed by atoms with Crippen LogP contribution in [0.5, 0.6) is 0 Å². The Kier molecular flexibility index (Phi) is 58.7. The number of nitrogens with one attached hydrogen (secondary N) is 1. The fourth-order valence-corrected chi connectivity index (χ4v) is 11.4. The average molecular weight is 1200 g/mol. The van der Waals surface area contributed by atoms with E-state index in [9.17, 15) is 35.1 Å². The topological polar surface area (TPSA) is 175 Å². The number of ether oxygens (including phenoxy) is 3. The summed E-state index contributed by atoms with van der Waals surface area (Å²) in [6.07, 6.45) is 67.3. The van der Waals surface area contributed by atoms with E-state index in [0.717, 1.165) is 64.2 Å². The molecule has 0 aromatic heterocycles. The van der Waals surface area contributed by atoms with Crippen molar-refractivity contribution in [2.24, 2.45) is 0 Å². The third kappa shape index (κ3) is 49.1. The van der Waals surface area contributed by atoms with Gasteiger partial charge in [0.05, 0.1) is 25.4 Å². The maximum atomic E-state index is 13.5. The number of carbonyl (C=O) groups excluding carboxylic acids is 2. The molecule has 0 bridgehead atoms. The first kappa shape index (κ1) is 80.6. The van der Waals surface area contributed by atoms with E-state index in [4.69, 9.17) is 14.2 Å². The Bertz CT molecular complexity index is 1570. The van der Waals surface area contributed by atoms with Crippen molar-refractivity contribution in [3.8, 4) is 0 Å². The normalized spacial score (nSPS) is 18.6. The molecule has 0 radical (unpaired) electrons. The van der Waals surface area contributed by atoms with Gasteiger partial charge in [-0.05, 0) is 83.5 Å². The van der Waals surface area contributed by atoms with Crippen LogP contribution in [-0.4, -0.2) is 99.6 Å². The number of esters is 1. The molecule has 1 amide bonds. The largest absolute Gasteiger partial charge is 0.454 e. The van der Waals surface area contributed by atoms with Gasteiger partial charge < -0.3 is 45.1 Å². The summed E-state index contributed by atoms with van der Waals surface area (Å²) in [6.45, 7) is 5.80. The molecule has 1 fully saturated rings. The molecule has 0 saturated carbocycles. The summed E-state index contributed by atoms with van der Waals surface area (Å²) in [5.74, 6) is -1.18. The predicted octanol–water partition coefficient (Wildman–Crippen LogP) is 18.7. The van der Waals surface area contributed by atoms with E-state index in [1.807, 2.05) is 6.08 Å². The first-order valence-corrected chi connectivity index (χ1v) is 36.4. The number of aliphatic hydroxyl groups excluding tert-OH is 5. The van der Waals surface area contributed by atoms with Crippen molar-refractivity contribution in [2.45, 2.75) is 397 Å². The van der Waals surface area contributed by atoms with Crippen LogP contribution >= 0.6 is 0 Å². The summed E-state index contributed by atoms with van der Waals surface area (Å²) in [7, 11) is 0. The quantitative estimate of drug-likeness (QED) is 0.0195. The Labute approximate surface area is 523 Å². The zero-order valence-electron chi connectivity index (χ0n) is 55.5. The van der Waals surface area contributed by atoms with E-state index in [1.165, 1.54) is 238 Å². The zero-order valence-corrected chi connectivity index (χ0v) is 55.5. The van der Waals surface area contributed by atoms with E-state index in [2.05, 4.69) is 62.5 Å². The summed E-state index contributed by atoms with van der Waals surface area (Å²) >= 11 is 0.